The molecule has 1 fully saturated rings. The minimum absolute atomic E-state index is 0.353. The largest absolute Gasteiger partial charge is 0.619 e. The van der Waals surface area contributed by atoms with E-state index in [0.717, 1.165) is 5.56 Å². The maximum absolute atomic E-state index is 16.0. The minimum Gasteiger partial charge on any atom is -0.619 e. The molecule has 0 radical (unpaired) electrons. The Morgan fingerprint density at radius 1 is 1.12 bits per heavy atom. The SMILES string of the molecule is CN(C)/C=[N+]1/[B-](F)(c2ccccc2)OC(=O)[C@@]1(C)Cc1ccccc1. The maximum atomic E-state index is 16.0. The van der Waals surface area contributed by atoms with Crippen LogP contribution in [0.25, 0.3) is 0 Å². The summed E-state index contributed by atoms with van der Waals surface area (Å²) in [7, 11) is 3.60. The van der Waals surface area contributed by atoms with Crippen molar-refractivity contribution in [2.75, 3.05) is 14.1 Å². The van der Waals surface area contributed by atoms with Crippen LogP contribution in [0, 0.1) is 0 Å². The predicted molar refractivity (Wildman–Crippen MR) is 97.6 cm³/mol. The third-order valence-electron chi connectivity index (χ3n) is 4.59. The van der Waals surface area contributed by atoms with Gasteiger partial charge in [0, 0.05) is 6.42 Å². The molecule has 4 nitrogen and oxygen atoms in total. The van der Waals surface area contributed by atoms with Crippen molar-refractivity contribution in [1.29, 1.82) is 0 Å². The molecule has 1 saturated heterocycles. The average Bonchev–Trinajstić information content (AvgIpc) is 2.78. The fourth-order valence-electron chi connectivity index (χ4n) is 3.34. The Balaban J connectivity index is 2.11. The first-order valence-corrected chi connectivity index (χ1v) is 8.32. The Morgan fingerprint density at radius 3 is 2.24 bits per heavy atom. The number of carbonyl (C=O) groups is 1. The number of carbonyl (C=O) groups excluding carboxylic acids is 1. The monoisotopic (exact) mass is 340 g/mol. The predicted octanol–water partition coefficient (Wildman–Crippen LogP) is 1.96. The van der Waals surface area contributed by atoms with E-state index >= 15 is 4.32 Å². The highest BCUT2D eigenvalue weighted by atomic mass is 19.1. The van der Waals surface area contributed by atoms with Gasteiger partial charge in [0.25, 0.3) is 0 Å². The van der Waals surface area contributed by atoms with Gasteiger partial charge in [-0.15, -0.1) is 0 Å². The Labute approximate surface area is 147 Å². The molecule has 0 aromatic heterocycles. The highest BCUT2D eigenvalue weighted by Crippen LogP contribution is 2.32. The summed E-state index contributed by atoms with van der Waals surface area (Å²) >= 11 is 0. The van der Waals surface area contributed by atoms with Gasteiger partial charge in [-0.1, -0.05) is 66.1 Å². The van der Waals surface area contributed by atoms with Crippen LogP contribution in [0.15, 0.2) is 60.7 Å². The van der Waals surface area contributed by atoms with Gasteiger partial charge in [-0.3, -0.25) is 9.69 Å². The van der Waals surface area contributed by atoms with E-state index in [-0.39, 0.29) is 0 Å². The first kappa shape index (κ1) is 17.2. The van der Waals surface area contributed by atoms with Crippen LogP contribution in [0.3, 0.4) is 0 Å². The first-order valence-electron chi connectivity index (χ1n) is 8.32. The van der Waals surface area contributed by atoms with E-state index in [1.165, 1.54) is 4.49 Å². The van der Waals surface area contributed by atoms with Gasteiger partial charge in [0.1, 0.15) is 0 Å². The number of nitrogens with zero attached hydrogens (tertiary/aromatic N) is 2. The number of hydrogen-bond donors (Lipinski definition) is 0. The topological polar surface area (TPSA) is 32.5 Å². The molecule has 1 unspecified atom stereocenters. The van der Waals surface area contributed by atoms with Crippen LogP contribution in [0.4, 0.5) is 4.32 Å². The summed E-state index contributed by atoms with van der Waals surface area (Å²) in [6.45, 7) is -1.41. The molecule has 0 saturated carbocycles. The van der Waals surface area contributed by atoms with Gasteiger partial charge in [0.05, 0.1) is 14.1 Å². The molecule has 1 aliphatic rings. The van der Waals surface area contributed by atoms with E-state index in [9.17, 15) is 4.79 Å². The fraction of sp³-hybridized carbons (Fsp3) is 0.263. The number of benzene rings is 2. The van der Waals surface area contributed by atoms with E-state index in [1.807, 2.05) is 36.4 Å². The van der Waals surface area contributed by atoms with Gasteiger partial charge in [-0.05, 0) is 12.5 Å². The molecule has 0 spiro atoms. The molecule has 0 amide bonds. The molecule has 1 aliphatic heterocycles. The van der Waals surface area contributed by atoms with Crippen molar-refractivity contribution in [2.24, 2.45) is 0 Å². The summed E-state index contributed by atoms with van der Waals surface area (Å²) in [6, 6.07) is 18.2. The number of hydrogen-bond acceptors (Lipinski definition) is 2. The zero-order valence-electron chi connectivity index (χ0n) is 14.7. The summed E-state index contributed by atoms with van der Waals surface area (Å²) in [5, 5.41) is 0. The van der Waals surface area contributed by atoms with Crippen LogP contribution in [0.5, 0.6) is 0 Å². The second-order valence-electron chi connectivity index (χ2n) is 6.89. The molecule has 130 valence electrons. The molecule has 0 bridgehead atoms. The fourth-order valence-corrected chi connectivity index (χ4v) is 3.34. The molecular weight excluding hydrogens is 318 g/mol. The van der Waals surface area contributed by atoms with Gasteiger partial charge in [0.2, 0.25) is 0 Å². The van der Waals surface area contributed by atoms with Crippen LogP contribution >= 0.6 is 0 Å². The van der Waals surface area contributed by atoms with Crippen LogP contribution in [0.2, 0.25) is 0 Å². The van der Waals surface area contributed by atoms with E-state index < -0.39 is 18.3 Å². The first-order chi connectivity index (χ1) is 11.9. The van der Waals surface area contributed by atoms with E-state index in [2.05, 4.69) is 0 Å². The molecule has 3 rings (SSSR count). The molecule has 2 aromatic rings. The number of rotatable bonds is 4. The standard InChI is InChI=1S/C19H22BFN2O2/c1-19(14-16-10-6-4-7-11-16)18(24)25-20(21,23(19)15-22(2)3)17-12-8-5-9-13-17/h4-13,15H,14H2,1-3H3/b23-15+/t19-,20?/m1/s1. The van der Waals surface area contributed by atoms with Gasteiger partial charge < -0.3 is 13.5 Å². The van der Waals surface area contributed by atoms with Gasteiger partial charge in [-0.2, -0.15) is 0 Å². The minimum atomic E-state index is -3.14. The van der Waals surface area contributed by atoms with Crippen LogP contribution in [-0.4, -0.2) is 48.1 Å². The summed E-state index contributed by atoms with van der Waals surface area (Å²) < 4.78 is 22.8. The van der Waals surface area contributed by atoms with Crippen molar-refractivity contribution in [3.8, 4) is 0 Å². The van der Waals surface area contributed by atoms with Crippen molar-refractivity contribution in [1.82, 2.24) is 4.90 Å². The van der Waals surface area contributed by atoms with Gasteiger partial charge in [0.15, 0.2) is 11.9 Å². The van der Waals surface area contributed by atoms with Crippen molar-refractivity contribution < 1.29 is 18.3 Å². The molecule has 6 heteroatoms. The molecule has 25 heavy (non-hydrogen) atoms. The molecule has 1 heterocycles. The quantitative estimate of drug-likeness (QED) is 0.630. The van der Waals surface area contributed by atoms with Gasteiger partial charge >= 0.3 is 12.7 Å². The Kier molecular flexibility index (Phi) is 4.37. The third kappa shape index (κ3) is 3.04. The second kappa shape index (κ2) is 6.35. The van der Waals surface area contributed by atoms with Crippen LogP contribution in [0.1, 0.15) is 12.5 Å². The Morgan fingerprint density at radius 2 is 1.68 bits per heavy atom. The van der Waals surface area contributed by atoms with Gasteiger partial charge in [-0.25, -0.2) is 0 Å². The second-order valence-corrected chi connectivity index (χ2v) is 6.89. The molecule has 2 atom stereocenters. The summed E-state index contributed by atoms with van der Waals surface area (Å²) in [6.07, 6.45) is 1.97. The highest BCUT2D eigenvalue weighted by molar-refractivity contribution is 6.76. The maximum Gasteiger partial charge on any atom is 0.568 e. The molecular formula is C19H22BFN2O2. The Hall–Kier alpha value is -2.63. The lowest BCUT2D eigenvalue weighted by Crippen LogP contribution is -2.58. The van der Waals surface area contributed by atoms with Crippen molar-refractivity contribution >= 4 is 24.5 Å². The van der Waals surface area contributed by atoms with Crippen molar-refractivity contribution in [3.05, 3.63) is 66.2 Å². The third-order valence-corrected chi connectivity index (χ3v) is 4.59. The lowest BCUT2D eigenvalue weighted by Gasteiger charge is -2.31. The summed E-state index contributed by atoms with van der Waals surface area (Å²) in [5.41, 5.74) is 0.175. The van der Waals surface area contributed by atoms with Crippen LogP contribution < -0.4 is 5.46 Å². The van der Waals surface area contributed by atoms with Crippen LogP contribution in [-0.2, 0) is 15.9 Å². The number of halogens is 1. The summed E-state index contributed by atoms with van der Waals surface area (Å²) in [5.74, 6) is -0.555. The van der Waals surface area contributed by atoms with Crippen molar-refractivity contribution in [3.63, 3.8) is 0 Å². The van der Waals surface area contributed by atoms with E-state index in [0.29, 0.717) is 11.9 Å². The Bertz CT molecular complexity index is 798. The van der Waals surface area contributed by atoms with E-state index in [4.69, 9.17) is 4.65 Å². The molecule has 0 aliphatic carbocycles. The van der Waals surface area contributed by atoms with E-state index in [1.54, 1.807) is 56.5 Å². The lowest BCUT2D eigenvalue weighted by molar-refractivity contribution is -0.474. The normalized spacial score (nSPS) is 27.4. The zero-order valence-corrected chi connectivity index (χ0v) is 14.7. The lowest BCUT2D eigenvalue weighted by atomic mass is 9.66. The van der Waals surface area contributed by atoms with Crippen molar-refractivity contribution in [2.45, 2.75) is 18.9 Å². The summed E-state index contributed by atoms with van der Waals surface area (Å²) in [4.78, 5) is 14.5. The average molecular weight is 340 g/mol. The highest BCUT2D eigenvalue weighted by Gasteiger charge is 2.59. The molecule has 2 aromatic carbocycles. The zero-order chi connectivity index (χ0) is 18.1. The molecule has 0 N–H and O–H groups in total. The smallest absolute Gasteiger partial charge is 0.568 e.